The Morgan fingerprint density at radius 2 is 1.90 bits per heavy atom. The van der Waals surface area contributed by atoms with E-state index in [4.69, 9.17) is 5.73 Å². The van der Waals surface area contributed by atoms with E-state index in [2.05, 4.69) is 19.2 Å². The minimum Gasteiger partial charge on any atom is -0.356 e. The molecule has 116 valence electrons. The van der Waals surface area contributed by atoms with Gasteiger partial charge in [0.1, 0.15) is 0 Å². The molecule has 2 fully saturated rings. The molecule has 0 aromatic carbocycles. The number of rotatable bonds is 4. The minimum absolute atomic E-state index is 0.152. The molecule has 0 saturated heterocycles. The van der Waals surface area contributed by atoms with Gasteiger partial charge in [-0.1, -0.05) is 33.1 Å². The Balaban J connectivity index is 1.67. The summed E-state index contributed by atoms with van der Waals surface area (Å²) in [6, 6.07) is 0.216. The van der Waals surface area contributed by atoms with E-state index >= 15 is 0 Å². The molecule has 3 nitrogen and oxygen atoms in total. The molecule has 2 aliphatic rings. The molecule has 2 saturated carbocycles. The van der Waals surface area contributed by atoms with Gasteiger partial charge in [0.2, 0.25) is 5.91 Å². The highest BCUT2D eigenvalue weighted by molar-refractivity contribution is 5.78. The fourth-order valence-corrected chi connectivity index (χ4v) is 4.24. The highest BCUT2D eigenvalue weighted by atomic mass is 16.1. The summed E-state index contributed by atoms with van der Waals surface area (Å²) in [6.45, 7) is 5.43. The molecule has 0 radical (unpaired) electrons. The number of nitrogens with one attached hydrogen (secondary N) is 1. The molecular weight excluding hydrogens is 248 g/mol. The van der Waals surface area contributed by atoms with Crippen LogP contribution in [0.25, 0.3) is 0 Å². The first-order chi connectivity index (χ1) is 9.54. The van der Waals surface area contributed by atoms with Crippen LogP contribution in [0.15, 0.2) is 0 Å². The number of amides is 1. The third-order valence-electron chi connectivity index (χ3n) is 5.25. The van der Waals surface area contributed by atoms with Gasteiger partial charge < -0.3 is 11.1 Å². The lowest BCUT2D eigenvalue weighted by molar-refractivity contribution is -0.126. The second-order valence-electron chi connectivity index (χ2n) is 7.49. The maximum atomic E-state index is 12.2. The Morgan fingerprint density at radius 1 is 1.10 bits per heavy atom. The zero-order valence-corrected chi connectivity index (χ0v) is 13.2. The van der Waals surface area contributed by atoms with Crippen molar-refractivity contribution in [2.75, 3.05) is 6.54 Å². The third kappa shape index (κ3) is 4.76. The second-order valence-corrected chi connectivity index (χ2v) is 7.49. The first-order valence-electron chi connectivity index (χ1n) is 8.58. The van der Waals surface area contributed by atoms with Crippen LogP contribution in [0.5, 0.6) is 0 Å². The molecule has 0 spiro atoms. The van der Waals surface area contributed by atoms with Gasteiger partial charge in [-0.3, -0.25) is 4.79 Å². The molecule has 3 heteroatoms. The molecule has 0 bridgehead atoms. The number of carbonyl (C=O) groups excluding carboxylic acids is 1. The van der Waals surface area contributed by atoms with E-state index < -0.39 is 0 Å². The smallest absolute Gasteiger partial charge is 0.223 e. The average Bonchev–Trinajstić information content (AvgIpc) is 2.37. The number of hydrogen-bond acceptors (Lipinski definition) is 2. The maximum Gasteiger partial charge on any atom is 0.223 e. The van der Waals surface area contributed by atoms with Crippen LogP contribution < -0.4 is 11.1 Å². The summed E-state index contributed by atoms with van der Waals surface area (Å²) in [5, 5.41) is 3.16. The summed E-state index contributed by atoms with van der Waals surface area (Å²) < 4.78 is 0. The van der Waals surface area contributed by atoms with Gasteiger partial charge in [-0.25, -0.2) is 0 Å². The molecule has 2 rings (SSSR count). The van der Waals surface area contributed by atoms with Crippen molar-refractivity contribution in [3.05, 3.63) is 0 Å². The molecule has 3 N–H and O–H groups in total. The summed E-state index contributed by atoms with van der Waals surface area (Å²) in [7, 11) is 0. The molecule has 0 heterocycles. The Kier molecular flexibility index (Phi) is 5.88. The van der Waals surface area contributed by atoms with Gasteiger partial charge in [-0.05, 0) is 49.9 Å². The lowest BCUT2D eigenvalue weighted by atomic mass is 9.79. The Morgan fingerprint density at radius 3 is 2.60 bits per heavy atom. The highest BCUT2D eigenvalue weighted by Crippen LogP contribution is 2.31. The SMILES string of the molecule is CC1CCCC(CCNC(=O)C2CC(C)CC(N)C2)C1. The van der Waals surface area contributed by atoms with E-state index in [0.29, 0.717) is 5.92 Å². The van der Waals surface area contributed by atoms with Crippen molar-refractivity contribution in [2.24, 2.45) is 29.4 Å². The average molecular weight is 280 g/mol. The number of carbonyl (C=O) groups is 1. The lowest BCUT2D eigenvalue weighted by Crippen LogP contribution is -2.40. The summed E-state index contributed by atoms with van der Waals surface area (Å²) in [6.07, 6.45) is 9.58. The van der Waals surface area contributed by atoms with Gasteiger partial charge in [0.15, 0.2) is 0 Å². The summed E-state index contributed by atoms with van der Waals surface area (Å²) in [5.41, 5.74) is 6.03. The maximum absolute atomic E-state index is 12.2. The van der Waals surface area contributed by atoms with E-state index in [1.54, 1.807) is 0 Å². The van der Waals surface area contributed by atoms with E-state index in [9.17, 15) is 4.79 Å². The first kappa shape index (κ1) is 15.8. The largest absolute Gasteiger partial charge is 0.356 e. The van der Waals surface area contributed by atoms with Crippen molar-refractivity contribution in [1.29, 1.82) is 0 Å². The third-order valence-corrected chi connectivity index (χ3v) is 5.25. The van der Waals surface area contributed by atoms with E-state index in [0.717, 1.165) is 44.1 Å². The fraction of sp³-hybridized carbons (Fsp3) is 0.941. The standard InChI is InChI=1S/C17H32N2O/c1-12-4-3-5-14(8-12)6-7-19-17(20)15-9-13(2)10-16(18)11-15/h12-16H,3-11,18H2,1-2H3,(H,19,20). The van der Waals surface area contributed by atoms with Crippen LogP contribution in [0, 0.1) is 23.7 Å². The van der Waals surface area contributed by atoms with Crippen LogP contribution in [0.1, 0.15) is 65.2 Å². The van der Waals surface area contributed by atoms with Crippen LogP contribution in [-0.4, -0.2) is 18.5 Å². The van der Waals surface area contributed by atoms with Crippen molar-refractivity contribution in [1.82, 2.24) is 5.32 Å². The van der Waals surface area contributed by atoms with Crippen LogP contribution in [-0.2, 0) is 4.79 Å². The van der Waals surface area contributed by atoms with Crippen molar-refractivity contribution < 1.29 is 4.79 Å². The molecule has 2 aliphatic carbocycles. The second kappa shape index (κ2) is 7.44. The quantitative estimate of drug-likeness (QED) is 0.831. The summed E-state index contributed by atoms with van der Waals surface area (Å²) in [4.78, 5) is 12.2. The van der Waals surface area contributed by atoms with Crippen molar-refractivity contribution in [3.63, 3.8) is 0 Å². The van der Waals surface area contributed by atoms with E-state index in [1.807, 2.05) is 0 Å². The van der Waals surface area contributed by atoms with Crippen molar-refractivity contribution in [2.45, 2.75) is 71.3 Å². The van der Waals surface area contributed by atoms with E-state index in [1.165, 1.54) is 25.7 Å². The summed E-state index contributed by atoms with van der Waals surface area (Å²) in [5.74, 6) is 2.69. The molecular formula is C17H32N2O. The molecule has 0 aliphatic heterocycles. The van der Waals surface area contributed by atoms with E-state index in [-0.39, 0.29) is 17.9 Å². The zero-order valence-electron chi connectivity index (χ0n) is 13.2. The van der Waals surface area contributed by atoms with Crippen molar-refractivity contribution >= 4 is 5.91 Å². The molecule has 5 atom stereocenters. The minimum atomic E-state index is 0.152. The Hall–Kier alpha value is -0.570. The first-order valence-corrected chi connectivity index (χ1v) is 8.58. The van der Waals surface area contributed by atoms with Crippen LogP contribution in [0.3, 0.4) is 0 Å². The summed E-state index contributed by atoms with van der Waals surface area (Å²) >= 11 is 0. The molecule has 20 heavy (non-hydrogen) atoms. The number of nitrogens with two attached hydrogens (primary N) is 1. The molecule has 0 aromatic heterocycles. The van der Waals surface area contributed by atoms with Crippen LogP contribution in [0.4, 0.5) is 0 Å². The lowest BCUT2D eigenvalue weighted by Gasteiger charge is -2.31. The normalized spacial score (nSPS) is 38.5. The van der Waals surface area contributed by atoms with Gasteiger partial charge in [0.05, 0.1) is 0 Å². The Labute approximate surface area is 124 Å². The predicted molar refractivity (Wildman–Crippen MR) is 83.2 cm³/mol. The van der Waals surface area contributed by atoms with Gasteiger partial charge in [0.25, 0.3) is 0 Å². The topological polar surface area (TPSA) is 55.1 Å². The number of hydrogen-bond donors (Lipinski definition) is 2. The molecule has 0 aromatic rings. The van der Waals surface area contributed by atoms with Gasteiger partial charge >= 0.3 is 0 Å². The highest BCUT2D eigenvalue weighted by Gasteiger charge is 2.29. The fourth-order valence-electron chi connectivity index (χ4n) is 4.24. The van der Waals surface area contributed by atoms with Crippen molar-refractivity contribution in [3.8, 4) is 0 Å². The zero-order chi connectivity index (χ0) is 14.5. The Bertz CT molecular complexity index is 308. The molecule has 5 unspecified atom stereocenters. The van der Waals surface area contributed by atoms with Gasteiger partial charge in [0, 0.05) is 18.5 Å². The van der Waals surface area contributed by atoms with Gasteiger partial charge in [-0.2, -0.15) is 0 Å². The van der Waals surface area contributed by atoms with Crippen LogP contribution >= 0.6 is 0 Å². The predicted octanol–water partition coefficient (Wildman–Crippen LogP) is 3.08. The van der Waals surface area contributed by atoms with Crippen LogP contribution in [0.2, 0.25) is 0 Å². The monoisotopic (exact) mass is 280 g/mol. The molecule has 1 amide bonds. The van der Waals surface area contributed by atoms with Gasteiger partial charge in [-0.15, -0.1) is 0 Å².